The molecule has 2 unspecified atom stereocenters. The van der Waals surface area contributed by atoms with Gasteiger partial charge in [-0.2, -0.15) is 0 Å². The Morgan fingerprint density at radius 3 is 2.69 bits per heavy atom. The van der Waals surface area contributed by atoms with Gasteiger partial charge in [0, 0.05) is 11.6 Å². The number of hydrogen-bond donors (Lipinski definition) is 0. The van der Waals surface area contributed by atoms with Crippen molar-refractivity contribution in [2.24, 2.45) is 5.92 Å². The maximum Gasteiger partial charge on any atom is 0.185 e. The van der Waals surface area contributed by atoms with Gasteiger partial charge in [-0.05, 0) is 52.2 Å². The summed E-state index contributed by atoms with van der Waals surface area (Å²) in [6, 6.07) is 0.576. The van der Waals surface area contributed by atoms with Crippen LogP contribution in [-0.4, -0.2) is 36.1 Å². The minimum atomic E-state index is -0.0613. The van der Waals surface area contributed by atoms with Crippen LogP contribution in [0.1, 0.15) is 33.6 Å². The van der Waals surface area contributed by atoms with Gasteiger partial charge in [-0.3, -0.25) is 4.90 Å². The highest BCUT2D eigenvalue weighted by atomic mass is 16.9. The van der Waals surface area contributed by atoms with Gasteiger partial charge in [0.05, 0.1) is 0 Å². The molecule has 16 heavy (non-hydrogen) atoms. The summed E-state index contributed by atoms with van der Waals surface area (Å²) in [5.41, 5.74) is 1.74. The Bertz CT molecular complexity index is 335. The van der Waals surface area contributed by atoms with E-state index >= 15 is 0 Å². The molecule has 0 aromatic heterocycles. The zero-order valence-electron chi connectivity index (χ0n) is 10.6. The maximum absolute atomic E-state index is 5.61. The molecule has 3 nitrogen and oxygen atoms in total. The first-order valence-corrected chi connectivity index (χ1v) is 6.25. The molecule has 1 saturated carbocycles. The molecule has 1 saturated heterocycles. The maximum atomic E-state index is 5.61. The van der Waals surface area contributed by atoms with Crippen LogP contribution in [0, 0.1) is 5.92 Å². The lowest BCUT2D eigenvalue weighted by molar-refractivity contribution is -0.360. The SMILES string of the molecule is CC1OC(C2=CC3CC3(C)N(C)[C@@H](C)C2)O1. The van der Waals surface area contributed by atoms with Gasteiger partial charge in [0.15, 0.2) is 12.6 Å². The average molecular weight is 223 g/mol. The Kier molecular flexibility index (Phi) is 2.23. The van der Waals surface area contributed by atoms with Crippen LogP contribution in [0.3, 0.4) is 0 Å². The van der Waals surface area contributed by atoms with Crippen molar-refractivity contribution in [1.82, 2.24) is 4.90 Å². The molecule has 2 heterocycles. The zero-order chi connectivity index (χ0) is 11.5. The summed E-state index contributed by atoms with van der Waals surface area (Å²) < 4.78 is 11.2. The lowest BCUT2D eigenvalue weighted by atomic mass is 10.1. The first-order chi connectivity index (χ1) is 7.50. The third kappa shape index (κ3) is 1.45. The molecular weight excluding hydrogens is 202 g/mol. The van der Waals surface area contributed by atoms with E-state index in [2.05, 4.69) is 31.9 Å². The fourth-order valence-corrected chi connectivity index (χ4v) is 3.05. The Morgan fingerprint density at radius 2 is 2.06 bits per heavy atom. The molecule has 1 aliphatic carbocycles. The van der Waals surface area contributed by atoms with E-state index < -0.39 is 0 Å². The van der Waals surface area contributed by atoms with E-state index in [1.165, 1.54) is 12.0 Å². The van der Waals surface area contributed by atoms with Crippen molar-refractivity contribution in [3.05, 3.63) is 11.6 Å². The second kappa shape index (κ2) is 3.31. The number of hydrogen-bond acceptors (Lipinski definition) is 3. The van der Waals surface area contributed by atoms with Crippen LogP contribution in [0.2, 0.25) is 0 Å². The Hall–Kier alpha value is -0.380. The molecule has 0 N–H and O–H groups in total. The summed E-state index contributed by atoms with van der Waals surface area (Å²) in [7, 11) is 2.24. The Morgan fingerprint density at radius 1 is 1.38 bits per heavy atom. The van der Waals surface area contributed by atoms with Gasteiger partial charge in [-0.15, -0.1) is 0 Å². The zero-order valence-corrected chi connectivity index (χ0v) is 10.6. The van der Waals surface area contributed by atoms with Gasteiger partial charge < -0.3 is 9.47 Å². The summed E-state index contributed by atoms with van der Waals surface area (Å²) in [6.07, 6.45) is 4.66. The molecule has 0 aromatic carbocycles. The molecule has 0 amide bonds. The van der Waals surface area contributed by atoms with Gasteiger partial charge >= 0.3 is 0 Å². The highest BCUT2D eigenvalue weighted by molar-refractivity contribution is 5.26. The molecule has 3 heteroatoms. The molecule has 90 valence electrons. The van der Waals surface area contributed by atoms with Gasteiger partial charge in [-0.1, -0.05) is 6.08 Å². The number of ether oxygens (including phenoxy) is 2. The van der Waals surface area contributed by atoms with E-state index in [-0.39, 0.29) is 12.6 Å². The van der Waals surface area contributed by atoms with E-state index in [9.17, 15) is 0 Å². The molecule has 0 bridgehead atoms. The fraction of sp³-hybridized carbons (Fsp3) is 0.846. The molecular formula is C13H21NO2. The van der Waals surface area contributed by atoms with Crippen molar-refractivity contribution < 1.29 is 9.47 Å². The summed E-state index contributed by atoms with van der Waals surface area (Å²) in [4.78, 5) is 2.52. The highest BCUT2D eigenvalue weighted by Gasteiger charge is 2.54. The van der Waals surface area contributed by atoms with Crippen LogP contribution in [0.4, 0.5) is 0 Å². The fourth-order valence-electron chi connectivity index (χ4n) is 3.05. The summed E-state index contributed by atoms with van der Waals surface area (Å²) >= 11 is 0. The summed E-state index contributed by atoms with van der Waals surface area (Å²) in [5.74, 6) is 0.695. The Labute approximate surface area is 97.4 Å². The van der Waals surface area contributed by atoms with Crippen molar-refractivity contribution in [2.75, 3.05) is 7.05 Å². The Balaban J connectivity index is 1.78. The van der Waals surface area contributed by atoms with Crippen molar-refractivity contribution in [2.45, 2.75) is 57.8 Å². The third-order valence-corrected chi connectivity index (χ3v) is 4.62. The van der Waals surface area contributed by atoms with Crippen LogP contribution in [0.25, 0.3) is 0 Å². The van der Waals surface area contributed by atoms with E-state index in [4.69, 9.17) is 9.47 Å². The first kappa shape index (κ1) is 10.8. The monoisotopic (exact) mass is 223 g/mol. The normalized spacial score (nSPS) is 52.4. The number of rotatable bonds is 1. The average Bonchev–Trinajstić information content (AvgIpc) is 2.84. The van der Waals surface area contributed by atoms with Crippen molar-refractivity contribution >= 4 is 0 Å². The van der Waals surface area contributed by atoms with E-state index in [1.54, 1.807) is 0 Å². The van der Waals surface area contributed by atoms with Crippen LogP contribution < -0.4 is 0 Å². The number of nitrogens with zero attached hydrogens (tertiary/aromatic N) is 1. The highest BCUT2D eigenvalue weighted by Crippen LogP contribution is 2.52. The minimum Gasteiger partial charge on any atom is -0.320 e. The molecule has 3 atom stereocenters. The van der Waals surface area contributed by atoms with Crippen LogP contribution in [0.15, 0.2) is 11.6 Å². The van der Waals surface area contributed by atoms with Gasteiger partial charge in [0.1, 0.15) is 0 Å². The molecule has 2 aliphatic heterocycles. The topological polar surface area (TPSA) is 21.7 Å². The minimum absolute atomic E-state index is 0.0206. The largest absolute Gasteiger partial charge is 0.320 e. The molecule has 3 rings (SSSR count). The standard InChI is InChI=1S/C13H21NO2/c1-8-5-10(12-15-9(2)16-12)6-11-7-13(11,3)14(8)4/h6,8-9,11-12H,5,7H2,1-4H3/t8-,9?,11?,12?,13?/m0/s1. The van der Waals surface area contributed by atoms with Crippen LogP contribution in [-0.2, 0) is 9.47 Å². The molecule has 0 spiro atoms. The van der Waals surface area contributed by atoms with Crippen molar-refractivity contribution in [3.8, 4) is 0 Å². The predicted octanol–water partition coefficient (Wildman–Crippen LogP) is 2.13. The molecule has 2 fully saturated rings. The predicted molar refractivity (Wildman–Crippen MR) is 61.9 cm³/mol. The first-order valence-electron chi connectivity index (χ1n) is 6.25. The quantitative estimate of drug-likeness (QED) is 0.636. The van der Waals surface area contributed by atoms with Crippen LogP contribution >= 0.6 is 0 Å². The third-order valence-electron chi connectivity index (χ3n) is 4.62. The summed E-state index contributed by atoms with van der Waals surface area (Å²) in [5, 5.41) is 0. The van der Waals surface area contributed by atoms with E-state index in [1.807, 2.05) is 6.92 Å². The lowest BCUT2D eigenvalue weighted by Gasteiger charge is -2.37. The molecule has 0 aromatic rings. The lowest BCUT2D eigenvalue weighted by Crippen LogP contribution is -2.42. The van der Waals surface area contributed by atoms with Crippen molar-refractivity contribution in [1.29, 1.82) is 0 Å². The molecule has 0 radical (unpaired) electrons. The second-order valence-electron chi connectivity index (χ2n) is 5.75. The molecule has 3 aliphatic rings. The van der Waals surface area contributed by atoms with Gasteiger partial charge in [-0.25, -0.2) is 0 Å². The second-order valence-corrected chi connectivity index (χ2v) is 5.75. The number of fused-ring (bicyclic) bond motifs is 1. The smallest absolute Gasteiger partial charge is 0.185 e. The van der Waals surface area contributed by atoms with Crippen molar-refractivity contribution in [3.63, 3.8) is 0 Å². The van der Waals surface area contributed by atoms with Gasteiger partial charge in [0.2, 0.25) is 0 Å². The van der Waals surface area contributed by atoms with Crippen LogP contribution in [0.5, 0.6) is 0 Å². The van der Waals surface area contributed by atoms with E-state index in [0.29, 0.717) is 17.5 Å². The van der Waals surface area contributed by atoms with E-state index in [0.717, 1.165) is 6.42 Å². The van der Waals surface area contributed by atoms with Gasteiger partial charge in [0.25, 0.3) is 0 Å². The summed E-state index contributed by atoms with van der Waals surface area (Å²) in [6.45, 7) is 6.60.